The Balaban J connectivity index is 4.52. The maximum Gasteiger partial charge on any atom is 0.472 e. The fraction of sp³-hybridized carbons (Fsp3) is 0.532. The van der Waals surface area contributed by atoms with Gasteiger partial charge in [-0.3, -0.25) is 18.6 Å². The normalized spacial score (nSPS) is 15.1. The van der Waals surface area contributed by atoms with Crippen molar-refractivity contribution in [2.75, 3.05) is 26.4 Å². The molecule has 0 aliphatic carbocycles. The van der Waals surface area contributed by atoms with Crippen molar-refractivity contribution in [1.29, 1.82) is 0 Å². The molecule has 0 aliphatic rings. The summed E-state index contributed by atoms with van der Waals surface area (Å²) in [4.78, 5) is 34.8. The Morgan fingerprint density at radius 3 is 1.71 bits per heavy atom. The van der Waals surface area contributed by atoms with Crippen molar-refractivity contribution >= 4 is 19.8 Å². The van der Waals surface area contributed by atoms with Gasteiger partial charge in [-0.1, -0.05) is 148 Å². The van der Waals surface area contributed by atoms with Crippen LogP contribution in [0.5, 0.6) is 0 Å². The fourth-order valence-corrected chi connectivity index (χ4v) is 5.58. The SMILES string of the molecule is CC/C=C\C/C=C\C/C=C\C/C=C\C=C\C(O)CCCC(=O)OC[C@H](COP(=O)(O)OCCN)OC(=O)CC/C=C\C/C=C\C/C=C\C/C=C\C/C=C\CCCCC. The number of phosphoric ester groups is 1. The van der Waals surface area contributed by atoms with Crippen molar-refractivity contribution in [1.82, 2.24) is 0 Å². The van der Waals surface area contributed by atoms with E-state index in [1.54, 1.807) is 12.2 Å². The molecule has 0 amide bonds. The van der Waals surface area contributed by atoms with Gasteiger partial charge in [0, 0.05) is 19.4 Å². The summed E-state index contributed by atoms with van der Waals surface area (Å²) in [5.41, 5.74) is 5.33. The van der Waals surface area contributed by atoms with Crippen molar-refractivity contribution in [2.24, 2.45) is 5.73 Å². The number of rotatable bonds is 37. The molecule has 4 N–H and O–H groups in total. The van der Waals surface area contributed by atoms with Gasteiger partial charge in [-0.2, -0.15) is 0 Å². The van der Waals surface area contributed by atoms with Crippen LogP contribution in [0.4, 0.5) is 0 Å². The molecular formula is C47H74NO9P. The predicted octanol–water partition coefficient (Wildman–Crippen LogP) is 11.1. The first-order chi connectivity index (χ1) is 28.2. The molecule has 11 heteroatoms. The fourth-order valence-electron chi connectivity index (χ4n) is 4.82. The molecular weight excluding hydrogens is 753 g/mol. The highest BCUT2D eigenvalue weighted by Crippen LogP contribution is 2.43. The Morgan fingerprint density at radius 1 is 0.621 bits per heavy atom. The van der Waals surface area contributed by atoms with E-state index in [9.17, 15) is 24.2 Å². The number of ether oxygens (including phenoxy) is 2. The van der Waals surface area contributed by atoms with E-state index in [2.05, 4.69) is 98.9 Å². The number of carbonyl (C=O) groups is 2. The Kier molecular flexibility index (Phi) is 38.9. The van der Waals surface area contributed by atoms with E-state index in [1.165, 1.54) is 25.7 Å². The zero-order chi connectivity index (χ0) is 42.6. The molecule has 0 fully saturated rings. The van der Waals surface area contributed by atoms with E-state index < -0.39 is 38.6 Å². The number of nitrogens with two attached hydrogens (primary N) is 1. The van der Waals surface area contributed by atoms with Gasteiger partial charge in [0.1, 0.15) is 6.61 Å². The Morgan fingerprint density at radius 2 is 1.16 bits per heavy atom. The van der Waals surface area contributed by atoms with Crippen LogP contribution in [0.3, 0.4) is 0 Å². The average Bonchev–Trinajstić information content (AvgIpc) is 3.20. The minimum Gasteiger partial charge on any atom is -0.462 e. The van der Waals surface area contributed by atoms with Crippen LogP contribution in [0.15, 0.2) is 122 Å². The van der Waals surface area contributed by atoms with E-state index >= 15 is 0 Å². The van der Waals surface area contributed by atoms with Gasteiger partial charge in [-0.25, -0.2) is 4.57 Å². The number of carbonyl (C=O) groups excluding carboxylic acids is 2. The lowest BCUT2D eigenvalue weighted by atomic mass is 10.1. The van der Waals surface area contributed by atoms with Gasteiger partial charge in [0.25, 0.3) is 0 Å². The summed E-state index contributed by atoms with van der Waals surface area (Å²) < 4.78 is 32.5. The van der Waals surface area contributed by atoms with E-state index in [4.69, 9.17) is 24.3 Å². The highest BCUT2D eigenvalue weighted by molar-refractivity contribution is 7.47. The van der Waals surface area contributed by atoms with Crippen LogP contribution >= 0.6 is 7.82 Å². The van der Waals surface area contributed by atoms with Crippen LogP contribution in [0.1, 0.15) is 123 Å². The molecule has 58 heavy (non-hydrogen) atoms. The number of unbranched alkanes of at least 4 members (excludes halogenated alkanes) is 3. The summed E-state index contributed by atoms with van der Waals surface area (Å²) in [6.07, 6.45) is 52.8. The molecule has 0 heterocycles. The molecule has 0 aliphatic heterocycles. The number of hydrogen-bond donors (Lipinski definition) is 3. The minimum atomic E-state index is -4.45. The lowest BCUT2D eigenvalue weighted by molar-refractivity contribution is -0.161. The molecule has 0 aromatic rings. The molecule has 0 saturated carbocycles. The second-order valence-electron chi connectivity index (χ2n) is 13.3. The summed E-state index contributed by atoms with van der Waals surface area (Å²) >= 11 is 0. The molecule has 0 aromatic carbocycles. The van der Waals surface area contributed by atoms with Crippen LogP contribution in [0.2, 0.25) is 0 Å². The minimum absolute atomic E-state index is 0.00872. The van der Waals surface area contributed by atoms with Gasteiger partial charge in [-0.05, 0) is 83.5 Å². The molecule has 0 aromatic heterocycles. The lowest BCUT2D eigenvalue weighted by Gasteiger charge is -2.19. The Bertz CT molecular complexity index is 1370. The quantitative estimate of drug-likeness (QED) is 0.0181. The summed E-state index contributed by atoms with van der Waals surface area (Å²) in [7, 11) is -4.45. The molecule has 0 bridgehead atoms. The highest BCUT2D eigenvalue weighted by atomic mass is 31.2. The van der Waals surface area contributed by atoms with Crippen LogP contribution in [0, 0.1) is 0 Å². The average molecular weight is 828 g/mol. The van der Waals surface area contributed by atoms with Crippen molar-refractivity contribution in [3.8, 4) is 0 Å². The summed E-state index contributed by atoms with van der Waals surface area (Å²) in [5, 5.41) is 10.2. The van der Waals surface area contributed by atoms with E-state index in [0.29, 0.717) is 19.3 Å². The van der Waals surface area contributed by atoms with Gasteiger partial charge in [0.15, 0.2) is 6.10 Å². The second-order valence-corrected chi connectivity index (χ2v) is 14.8. The standard InChI is InChI=1S/C47H74NO9P/c1-3-5-7-9-11-13-15-17-18-19-20-21-22-24-26-28-30-32-34-38-47(51)57-45(43-56-58(52,53)55-41-40-48)42-54-46(50)39-35-37-44(49)36-33-31-29-27-25-23-16-14-12-10-8-6-4-2/h6,8,11-14,17-18,20-21,23-26,29-33,36,44-45,49H,3-5,7,9-10,15-16,19,22,27-28,34-35,37-43,48H2,1-2H3,(H,52,53)/b8-6-,13-11-,14-12-,18-17-,21-20-,25-23-,26-24-,31-29-,32-30-,36-33+/t44?,45-/m1/s1. The van der Waals surface area contributed by atoms with Crippen molar-refractivity contribution in [3.63, 3.8) is 0 Å². The first kappa shape index (κ1) is 54.4. The molecule has 10 nitrogen and oxygen atoms in total. The molecule has 326 valence electrons. The van der Waals surface area contributed by atoms with Gasteiger partial charge < -0.3 is 25.2 Å². The second kappa shape index (κ2) is 41.5. The Hall–Kier alpha value is -3.63. The van der Waals surface area contributed by atoms with Gasteiger partial charge in [0.05, 0.1) is 19.3 Å². The van der Waals surface area contributed by atoms with Crippen LogP contribution < -0.4 is 5.73 Å². The van der Waals surface area contributed by atoms with Gasteiger partial charge in [-0.15, -0.1) is 0 Å². The van der Waals surface area contributed by atoms with Crippen molar-refractivity contribution in [3.05, 3.63) is 122 Å². The monoisotopic (exact) mass is 828 g/mol. The zero-order valence-electron chi connectivity index (χ0n) is 35.3. The number of esters is 2. The first-order valence-electron chi connectivity index (χ1n) is 21.1. The van der Waals surface area contributed by atoms with Crippen molar-refractivity contribution in [2.45, 2.75) is 135 Å². The van der Waals surface area contributed by atoms with Crippen LogP contribution in [-0.4, -0.2) is 60.5 Å². The largest absolute Gasteiger partial charge is 0.472 e. The molecule has 3 atom stereocenters. The number of aliphatic hydroxyl groups is 1. The van der Waals surface area contributed by atoms with Crippen molar-refractivity contribution < 1.29 is 42.7 Å². The van der Waals surface area contributed by atoms with Gasteiger partial charge in [0.2, 0.25) is 0 Å². The number of allylic oxidation sites excluding steroid dienone is 19. The molecule has 0 radical (unpaired) electrons. The van der Waals surface area contributed by atoms with E-state index in [1.807, 2.05) is 24.3 Å². The smallest absolute Gasteiger partial charge is 0.462 e. The third-order valence-electron chi connectivity index (χ3n) is 7.95. The zero-order valence-corrected chi connectivity index (χ0v) is 36.2. The topological polar surface area (TPSA) is 155 Å². The molecule has 2 unspecified atom stereocenters. The summed E-state index contributed by atoms with van der Waals surface area (Å²) in [5.74, 6) is -1.15. The maximum atomic E-state index is 12.6. The summed E-state index contributed by atoms with van der Waals surface area (Å²) in [6, 6.07) is 0. The number of phosphoric acid groups is 1. The number of aliphatic hydroxyl groups excluding tert-OH is 1. The predicted molar refractivity (Wildman–Crippen MR) is 239 cm³/mol. The van der Waals surface area contributed by atoms with E-state index in [0.717, 1.165) is 51.4 Å². The van der Waals surface area contributed by atoms with E-state index in [-0.39, 0.29) is 32.6 Å². The maximum absolute atomic E-state index is 12.6. The molecule has 0 saturated heterocycles. The lowest BCUT2D eigenvalue weighted by Crippen LogP contribution is -2.29. The highest BCUT2D eigenvalue weighted by Gasteiger charge is 2.25. The van der Waals surface area contributed by atoms with Gasteiger partial charge >= 0.3 is 19.8 Å². The third-order valence-corrected chi connectivity index (χ3v) is 8.93. The summed E-state index contributed by atoms with van der Waals surface area (Å²) in [6.45, 7) is 3.24. The first-order valence-corrected chi connectivity index (χ1v) is 22.6. The Labute approximate surface area is 350 Å². The number of hydrogen-bond acceptors (Lipinski definition) is 9. The third kappa shape index (κ3) is 40.6. The molecule has 0 spiro atoms. The molecule has 0 rings (SSSR count). The van der Waals surface area contributed by atoms with Crippen LogP contribution in [0.25, 0.3) is 0 Å². The van der Waals surface area contributed by atoms with Crippen LogP contribution in [-0.2, 0) is 32.7 Å².